The van der Waals surface area contributed by atoms with Crippen molar-refractivity contribution < 1.29 is 9.90 Å². The van der Waals surface area contributed by atoms with Crippen molar-refractivity contribution in [1.82, 2.24) is 25.2 Å². The minimum absolute atomic E-state index is 0.0749. The van der Waals surface area contributed by atoms with Gasteiger partial charge in [0.25, 0.3) is 0 Å². The number of amides is 1. The van der Waals surface area contributed by atoms with Crippen molar-refractivity contribution in [2.75, 3.05) is 13.1 Å². The summed E-state index contributed by atoms with van der Waals surface area (Å²) in [7, 11) is 0. The van der Waals surface area contributed by atoms with Crippen LogP contribution in [0.25, 0.3) is 0 Å². The number of hydrogen-bond donors (Lipinski definition) is 2. The maximum atomic E-state index is 12.3. The molecule has 1 aromatic rings. The van der Waals surface area contributed by atoms with Crippen molar-refractivity contribution in [3.8, 4) is 0 Å². The van der Waals surface area contributed by atoms with Gasteiger partial charge in [0.1, 0.15) is 5.69 Å². The number of aromatic nitrogens is 3. The Bertz CT molecular complexity index is 530. The number of rotatable bonds is 5. The summed E-state index contributed by atoms with van der Waals surface area (Å²) < 4.78 is 1.81. The van der Waals surface area contributed by atoms with Gasteiger partial charge in [0, 0.05) is 18.6 Å². The average Bonchev–Trinajstić information content (AvgIpc) is 2.95. The van der Waals surface area contributed by atoms with E-state index in [9.17, 15) is 4.79 Å². The third-order valence-electron chi connectivity index (χ3n) is 4.79. The van der Waals surface area contributed by atoms with Crippen LogP contribution in [0, 0.1) is 11.8 Å². The third-order valence-corrected chi connectivity index (χ3v) is 4.79. The number of hydrogen-bond acceptors (Lipinski definition) is 5. The number of carbonyl (C=O) groups is 1. The summed E-state index contributed by atoms with van der Waals surface area (Å²) in [6.07, 6.45) is 3.93. The fourth-order valence-corrected chi connectivity index (χ4v) is 3.73. The molecule has 3 fully saturated rings. The quantitative estimate of drug-likeness (QED) is 0.800. The monoisotopic (exact) mass is 307 g/mol. The SMILES string of the molecule is CC(C)NC(=O)[C@@H]1CN2CC[C@@H]1C[C@@H]2Cn1cc(CO)nn1. The second-order valence-corrected chi connectivity index (χ2v) is 6.79. The lowest BCUT2D eigenvalue weighted by molar-refractivity contribution is -0.133. The van der Waals surface area contributed by atoms with E-state index in [4.69, 9.17) is 5.11 Å². The summed E-state index contributed by atoms with van der Waals surface area (Å²) in [6.45, 7) is 6.62. The molecule has 22 heavy (non-hydrogen) atoms. The number of fused-ring (bicyclic) bond motifs is 3. The first-order chi connectivity index (χ1) is 10.6. The van der Waals surface area contributed by atoms with Gasteiger partial charge in [-0.3, -0.25) is 14.4 Å². The maximum absolute atomic E-state index is 12.3. The zero-order valence-corrected chi connectivity index (χ0v) is 13.3. The maximum Gasteiger partial charge on any atom is 0.224 e. The molecule has 7 heteroatoms. The molecule has 0 aliphatic carbocycles. The molecule has 4 heterocycles. The largest absolute Gasteiger partial charge is 0.390 e. The highest BCUT2D eigenvalue weighted by atomic mass is 16.3. The Kier molecular flexibility index (Phi) is 4.44. The van der Waals surface area contributed by atoms with Crippen molar-refractivity contribution in [1.29, 1.82) is 0 Å². The lowest BCUT2D eigenvalue weighted by Crippen LogP contribution is -2.58. The number of aliphatic hydroxyl groups is 1. The van der Waals surface area contributed by atoms with Crippen LogP contribution in [0.5, 0.6) is 0 Å². The van der Waals surface area contributed by atoms with E-state index in [0.29, 0.717) is 17.7 Å². The molecular formula is C15H25N5O2. The van der Waals surface area contributed by atoms with Crippen molar-refractivity contribution >= 4 is 5.91 Å². The number of aliphatic hydroxyl groups excluding tert-OH is 1. The van der Waals surface area contributed by atoms with E-state index in [0.717, 1.165) is 32.5 Å². The summed E-state index contributed by atoms with van der Waals surface area (Å²) in [5.74, 6) is 0.789. The van der Waals surface area contributed by atoms with E-state index in [1.807, 2.05) is 13.8 Å². The van der Waals surface area contributed by atoms with Gasteiger partial charge >= 0.3 is 0 Å². The van der Waals surface area contributed by atoms with Crippen LogP contribution in [-0.2, 0) is 17.9 Å². The Morgan fingerprint density at radius 3 is 2.95 bits per heavy atom. The van der Waals surface area contributed by atoms with Gasteiger partial charge in [-0.1, -0.05) is 5.21 Å². The Hall–Kier alpha value is -1.47. The number of nitrogens with one attached hydrogen (secondary N) is 1. The lowest BCUT2D eigenvalue weighted by Gasteiger charge is -2.49. The predicted molar refractivity (Wildman–Crippen MR) is 80.8 cm³/mol. The van der Waals surface area contributed by atoms with E-state index in [1.165, 1.54) is 0 Å². The Labute approximate surface area is 130 Å². The molecule has 0 radical (unpaired) electrons. The smallest absolute Gasteiger partial charge is 0.224 e. The molecule has 1 unspecified atom stereocenters. The Balaban J connectivity index is 1.61. The van der Waals surface area contributed by atoms with Gasteiger partial charge in [-0.2, -0.15) is 0 Å². The average molecular weight is 307 g/mol. The van der Waals surface area contributed by atoms with Gasteiger partial charge in [-0.15, -0.1) is 5.10 Å². The minimum Gasteiger partial charge on any atom is -0.390 e. The molecule has 1 aromatic heterocycles. The molecular weight excluding hydrogens is 282 g/mol. The molecule has 0 spiro atoms. The van der Waals surface area contributed by atoms with Crippen LogP contribution >= 0.6 is 0 Å². The molecule has 2 N–H and O–H groups in total. The van der Waals surface area contributed by atoms with Crippen LogP contribution in [-0.4, -0.2) is 56.1 Å². The van der Waals surface area contributed by atoms with Crippen molar-refractivity contribution in [2.24, 2.45) is 11.8 Å². The molecule has 4 rings (SSSR count). The topological polar surface area (TPSA) is 83.3 Å². The number of nitrogens with zero attached hydrogens (tertiary/aromatic N) is 4. The van der Waals surface area contributed by atoms with Gasteiger partial charge in [0.2, 0.25) is 5.91 Å². The third kappa shape index (κ3) is 3.15. The summed E-state index contributed by atoms with van der Waals surface area (Å²) in [6, 6.07) is 0.612. The Morgan fingerprint density at radius 1 is 1.55 bits per heavy atom. The summed E-state index contributed by atoms with van der Waals surface area (Å²) in [5.41, 5.74) is 0.602. The summed E-state index contributed by atoms with van der Waals surface area (Å²) >= 11 is 0. The number of carbonyl (C=O) groups excluding carboxylic acids is 1. The first-order valence-corrected chi connectivity index (χ1v) is 8.11. The molecule has 4 atom stereocenters. The van der Waals surface area contributed by atoms with Crippen LogP contribution in [0.4, 0.5) is 0 Å². The van der Waals surface area contributed by atoms with E-state index in [1.54, 1.807) is 10.9 Å². The highest BCUT2D eigenvalue weighted by Gasteiger charge is 2.43. The molecule has 3 aliphatic heterocycles. The van der Waals surface area contributed by atoms with Crippen LogP contribution in [0.3, 0.4) is 0 Å². The van der Waals surface area contributed by atoms with E-state index >= 15 is 0 Å². The van der Waals surface area contributed by atoms with Gasteiger partial charge in [-0.25, -0.2) is 0 Å². The fourth-order valence-electron chi connectivity index (χ4n) is 3.73. The second-order valence-electron chi connectivity index (χ2n) is 6.79. The standard InChI is InChI=1S/C15H25N5O2/c1-10(2)16-15(22)14-8-19-4-3-11(14)5-13(19)7-20-6-12(9-21)17-18-20/h6,10-11,13-14,21H,3-5,7-9H2,1-2H3,(H,16,22)/t11-,13-,14-/m1/s1. The molecule has 3 aliphatic rings. The first kappa shape index (κ1) is 15.4. The molecule has 122 valence electrons. The molecule has 0 saturated carbocycles. The molecule has 2 bridgehead atoms. The van der Waals surface area contributed by atoms with Crippen LogP contribution in [0.1, 0.15) is 32.4 Å². The molecule has 0 aromatic carbocycles. The van der Waals surface area contributed by atoms with E-state index in [-0.39, 0.29) is 24.5 Å². The second kappa shape index (κ2) is 6.34. The lowest BCUT2D eigenvalue weighted by atomic mass is 9.75. The zero-order valence-electron chi connectivity index (χ0n) is 13.3. The Morgan fingerprint density at radius 2 is 2.36 bits per heavy atom. The predicted octanol–water partition coefficient (Wildman–Crippen LogP) is 0.00540. The van der Waals surface area contributed by atoms with Crippen molar-refractivity contribution in [2.45, 2.75) is 51.9 Å². The van der Waals surface area contributed by atoms with E-state index < -0.39 is 0 Å². The highest BCUT2D eigenvalue weighted by Crippen LogP contribution is 2.36. The summed E-state index contributed by atoms with van der Waals surface area (Å²) in [4.78, 5) is 14.7. The molecule has 3 saturated heterocycles. The van der Waals surface area contributed by atoms with Crippen LogP contribution in [0.15, 0.2) is 6.20 Å². The molecule has 1 amide bonds. The van der Waals surface area contributed by atoms with E-state index in [2.05, 4.69) is 20.5 Å². The van der Waals surface area contributed by atoms with Gasteiger partial charge in [0.15, 0.2) is 0 Å². The van der Waals surface area contributed by atoms with Gasteiger partial charge in [-0.05, 0) is 39.2 Å². The van der Waals surface area contributed by atoms with Crippen molar-refractivity contribution in [3.63, 3.8) is 0 Å². The van der Waals surface area contributed by atoms with Crippen molar-refractivity contribution in [3.05, 3.63) is 11.9 Å². The zero-order chi connectivity index (χ0) is 15.7. The fraction of sp³-hybridized carbons (Fsp3) is 0.800. The summed E-state index contributed by atoms with van der Waals surface area (Å²) in [5, 5.41) is 20.1. The van der Waals surface area contributed by atoms with Gasteiger partial charge in [0.05, 0.1) is 25.3 Å². The normalized spacial score (nSPS) is 30.7. The van der Waals surface area contributed by atoms with Crippen LogP contribution in [0.2, 0.25) is 0 Å². The number of piperidine rings is 3. The van der Waals surface area contributed by atoms with Crippen LogP contribution < -0.4 is 5.32 Å². The molecule has 7 nitrogen and oxygen atoms in total. The van der Waals surface area contributed by atoms with Gasteiger partial charge < -0.3 is 10.4 Å². The highest BCUT2D eigenvalue weighted by molar-refractivity contribution is 5.79. The first-order valence-electron chi connectivity index (χ1n) is 8.11. The minimum atomic E-state index is -0.0749.